The summed E-state index contributed by atoms with van der Waals surface area (Å²) in [5, 5.41) is 4.24. The molecule has 0 heterocycles. The van der Waals surface area contributed by atoms with Gasteiger partial charge in [0.05, 0.1) is 14.2 Å². The van der Waals surface area contributed by atoms with Crippen LogP contribution in [-0.4, -0.2) is 45.3 Å². The number of hydrogen-bond donors (Lipinski definition) is 2. The largest absolute Gasteiger partial charge is 0.493 e. The maximum atomic E-state index is 11.8. The van der Waals surface area contributed by atoms with Crippen LogP contribution in [0.1, 0.15) is 12.5 Å². The van der Waals surface area contributed by atoms with Crippen LogP contribution < -0.4 is 20.1 Å². The van der Waals surface area contributed by atoms with Crippen molar-refractivity contribution in [1.29, 1.82) is 0 Å². The van der Waals surface area contributed by atoms with Gasteiger partial charge in [0.2, 0.25) is 0 Å². The zero-order chi connectivity index (χ0) is 18.1. The molecule has 0 spiro atoms. The van der Waals surface area contributed by atoms with Crippen LogP contribution in [0.4, 0.5) is 4.79 Å². The van der Waals surface area contributed by atoms with Gasteiger partial charge in [0.15, 0.2) is 17.6 Å². The van der Waals surface area contributed by atoms with E-state index in [-0.39, 0.29) is 0 Å². The summed E-state index contributed by atoms with van der Waals surface area (Å²) in [6.07, 6.45) is 1.51. The zero-order valence-electron chi connectivity index (χ0n) is 13.9. The first kappa shape index (κ1) is 19.0. The molecule has 1 atom stereocenters. The summed E-state index contributed by atoms with van der Waals surface area (Å²) < 4.78 is 15.3. The van der Waals surface area contributed by atoms with Crippen LogP contribution in [0.2, 0.25) is 0 Å². The normalized spacial score (nSPS) is 11.5. The van der Waals surface area contributed by atoms with E-state index in [2.05, 4.69) is 5.32 Å². The SMILES string of the molecule is CNC(=O)NC(=O)[C@@H](C)OC(=O)/C=C/c1cccc(OC)c1OC. The fourth-order valence-electron chi connectivity index (χ4n) is 1.74. The van der Waals surface area contributed by atoms with Crippen molar-refractivity contribution in [1.82, 2.24) is 10.6 Å². The molecule has 0 aliphatic rings. The summed E-state index contributed by atoms with van der Waals surface area (Å²) in [6, 6.07) is 4.51. The van der Waals surface area contributed by atoms with Crippen LogP contribution in [0.5, 0.6) is 11.5 Å². The molecule has 0 aliphatic carbocycles. The first-order valence-electron chi connectivity index (χ1n) is 7.05. The van der Waals surface area contributed by atoms with E-state index in [0.29, 0.717) is 17.1 Å². The number of methoxy groups -OCH3 is 2. The van der Waals surface area contributed by atoms with Gasteiger partial charge in [-0.2, -0.15) is 0 Å². The number of urea groups is 1. The molecule has 0 bridgehead atoms. The van der Waals surface area contributed by atoms with Gasteiger partial charge in [-0.3, -0.25) is 10.1 Å². The standard InChI is InChI=1S/C16H20N2O6/c1-10(15(20)18-16(21)17-2)24-13(19)9-8-11-6-5-7-12(22-3)14(11)23-4/h5-10H,1-4H3,(H2,17,18,20,21)/b9-8+/t10-/m1/s1. The van der Waals surface area contributed by atoms with Crippen LogP contribution in [0.15, 0.2) is 24.3 Å². The number of esters is 1. The average molecular weight is 336 g/mol. The Morgan fingerprint density at radius 3 is 2.46 bits per heavy atom. The Hall–Kier alpha value is -3.03. The van der Waals surface area contributed by atoms with Crippen molar-refractivity contribution in [3.8, 4) is 11.5 Å². The van der Waals surface area contributed by atoms with Gasteiger partial charge in [-0.1, -0.05) is 12.1 Å². The van der Waals surface area contributed by atoms with E-state index in [1.165, 1.54) is 34.3 Å². The lowest BCUT2D eigenvalue weighted by Crippen LogP contribution is -2.43. The molecule has 0 saturated carbocycles. The maximum Gasteiger partial charge on any atom is 0.331 e. The van der Waals surface area contributed by atoms with Crippen molar-refractivity contribution in [2.45, 2.75) is 13.0 Å². The molecule has 1 aromatic carbocycles. The number of carbonyl (C=O) groups is 3. The number of para-hydroxylation sites is 1. The molecule has 0 saturated heterocycles. The summed E-state index contributed by atoms with van der Waals surface area (Å²) >= 11 is 0. The number of rotatable bonds is 6. The fraction of sp³-hybridized carbons (Fsp3) is 0.312. The van der Waals surface area contributed by atoms with E-state index in [4.69, 9.17) is 14.2 Å². The van der Waals surface area contributed by atoms with E-state index in [1.54, 1.807) is 18.2 Å². The lowest BCUT2D eigenvalue weighted by atomic mass is 10.1. The van der Waals surface area contributed by atoms with Crippen LogP contribution in [0.25, 0.3) is 6.08 Å². The molecule has 130 valence electrons. The lowest BCUT2D eigenvalue weighted by molar-refractivity contribution is -0.149. The van der Waals surface area contributed by atoms with E-state index in [0.717, 1.165) is 6.08 Å². The van der Waals surface area contributed by atoms with Crippen molar-refractivity contribution in [2.24, 2.45) is 0 Å². The van der Waals surface area contributed by atoms with Gasteiger partial charge < -0.3 is 19.5 Å². The molecule has 1 aromatic rings. The first-order valence-corrected chi connectivity index (χ1v) is 7.05. The third-order valence-electron chi connectivity index (χ3n) is 2.96. The summed E-state index contributed by atoms with van der Waals surface area (Å²) in [6.45, 7) is 1.36. The second kappa shape index (κ2) is 9.19. The molecule has 2 N–H and O–H groups in total. The number of benzene rings is 1. The molecule has 0 radical (unpaired) electrons. The topological polar surface area (TPSA) is 103 Å². The Balaban J connectivity index is 2.73. The highest BCUT2D eigenvalue weighted by Crippen LogP contribution is 2.31. The van der Waals surface area contributed by atoms with E-state index >= 15 is 0 Å². The molecule has 0 aromatic heterocycles. The smallest absolute Gasteiger partial charge is 0.331 e. The second-order valence-electron chi connectivity index (χ2n) is 4.56. The third-order valence-corrected chi connectivity index (χ3v) is 2.96. The summed E-state index contributed by atoms with van der Waals surface area (Å²) in [7, 11) is 4.36. The molecule has 1 rings (SSSR count). The van der Waals surface area contributed by atoms with Gasteiger partial charge in [0.25, 0.3) is 5.91 Å². The predicted molar refractivity (Wildman–Crippen MR) is 86.7 cm³/mol. The van der Waals surface area contributed by atoms with Crippen LogP contribution in [0.3, 0.4) is 0 Å². The Morgan fingerprint density at radius 1 is 1.17 bits per heavy atom. The van der Waals surface area contributed by atoms with Gasteiger partial charge in [-0.25, -0.2) is 9.59 Å². The van der Waals surface area contributed by atoms with E-state index < -0.39 is 24.0 Å². The maximum absolute atomic E-state index is 11.8. The van der Waals surface area contributed by atoms with Gasteiger partial charge >= 0.3 is 12.0 Å². The number of hydrogen-bond acceptors (Lipinski definition) is 6. The Labute approximate surface area is 139 Å². The highest BCUT2D eigenvalue weighted by molar-refractivity contribution is 5.98. The van der Waals surface area contributed by atoms with Gasteiger partial charge in [0, 0.05) is 18.7 Å². The highest BCUT2D eigenvalue weighted by atomic mass is 16.5. The van der Waals surface area contributed by atoms with E-state index in [1.807, 2.05) is 5.32 Å². The quantitative estimate of drug-likeness (QED) is 0.596. The molecule has 8 heteroatoms. The third kappa shape index (κ3) is 5.31. The number of amides is 3. The zero-order valence-corrected chi connectivity index (χ0v) is 13.9. The number of carbonyl (C=O) groups excluding carboxylic acids is 3. The summed E-state index contributed by atoms with van der Waals surface area (Å²) in [5.74, 6) is -0.477. The van der Waals surface area contributed by atoms with Crippen LogP contribution >= 0.6 is 0 Å². The van der Waals surface area contributed by atoms with Gasteiger partial charge in [-0.15, -0.1) is 0 Å². The van der Waals surface area contributed by atoms with Crippen molar-refractivity contribution < 1.29 is 28.6 Å². The van der Waals surface area contributed by atoms with Gasteiger partial charge in [0.1, 0.15) is 0 Å². The average Bonchev–Trinajstić information content (AvgIpc) is 2.58. The van der Waals surface area contributed by atoms with Gasteiger partial charge in [-0.05, 0) is 19.1 Å². The van der Waals surface area contributed by atoms with E-state index in [9.17, 15) is 14.4 Å². The Bertz CT molecular complexity index is 641. The number of ether oxygens (including phenoxy) is 3. The molecular weight excluding hydrogens is 316 g/mol. The molecule has 24 heavy (non-hydrogen) atoms. The minimum Gasteiger partial charge on any atom is -0.493 e. The summed E-state index contributed by atoms with van der Waals surface area (Å²) in [4.78, 5) is 34.4. The Morgan fingerprint density at radius 2 is 1.88 bits per heavy atom. The van der Waals surface area contributed by atoms with Crippen LogP contribution in [-0.2, 0) is 14.3 Å². The molecular formula is C16H20N2O6. The molecule has 0 fully saturated rings. The van der Waals surface area contributed by atoms with Crippen LogP contribution in [0, 0.1) is 0 Å². The Kier molecular flexibility index (Phi) is 7.28. The minimum atomic E-state index is -1.12. The van der Waals surface area contributed by atoms with Crippen molar-refractivity contribution in [3.63, 3.8) is 0 Å². The van der Waals surface area contributed by atoms with Crippen molar-refractivity contribution in [3.05, 3.63) is 29.8 Å². The lowest BCUT2D eigenvalue weighted by Gasteiger charge is -2.11. The number of nitrogens with one attached hydrogen (secondary N) is 2. The summed E-state index contributed by atoms with van der Waals surface area (Å²) in [5.41, 5.74) is 0.608. The second-order valence-corrected chi connectivity index (χ2v) is 4.56. The molecule has 8 nitrogen and oxygen atoms in total. The molecule has 3 amide bonds. The van der Waals surface area contributed by atoms with Crippen molar-refractivity contribution >= 4 is 24.0 Å². The first-order chi connectivity index (χ1) is 11.4. The predicted octanol–water partition coefficient (Wildman–Crippen LogP) is 1.10. The highest BCUT2D eigenvalue weighted by Gasteiger charge is 2.18. The molecule has 0 aliphatic heterocycles. The monoisotopic (exact) mass is 336 g/mol. The fourth-order valence-corrected chi connectivity index (χ4v) is 1.74. The molecule has 0 unspecified atom stereocenters. The number of imide groups is 1. The van der Waals surface area contributed by atoms with Crippen molar-refractivity contribution in [2.75, 3.05) is 21.3 Å². The minimum absolute atomic E-state index is 0.467.